The minimum Gasteiger partial charge on any atom is -0.444 e. The molecule has 0 bridgehead atoms. The lowest BCUT2D eigenvalue weighted by atomic mass is 9.98. The molecule has 2 heterocycles. The zero-order valence-electron chi connectivity index (χ0n) is 13.3. The Morgan fingerprint density at radius 2 is 1.85 bits per heavy atom. The van der Waals surface area contributed by atoms with Crippen LogP contribution in [0, 0.1) is 0 Å². The lowest BCUT2D eigenvalue weighted by Gasteiger charge is -2.42. The van der Waals surface area contributed by atoms with Crippen LogP contribution in [0.5, 0.6) is 0 Å². The Morgan fingerprint density at radius 3 is 2.40 bits per heavy atom. The maximum Gasteiger partial charge on any atom is 0.410 e. The van der Waals surface area contributed by atoms with Gasteiger partial charge in [0.25, 0.3) is 0 Å². The molecular formula is C15H29N3O2. The van der Waals surface area contributed by atoms with Crippen LogP contribution in [0.15, 0.2) is 0 Å². The summed E-state index contributed by atoms with van der Waals surface area (Å²) >= 11 is 0. The topological polar surface area (TPSA) is 44.8 Å². The number of piperidine rings is 1. The molecule has 20 heavy (non-hydrogen) atoms. The lowest BCUT2D eigenvalue weighted by molar-refractivity contribution is 0.00775. The third kappa shape index (κ3) is 4.35. The van der Waals surface area contributed by atoms with Gasteiger partial charge >= 0.3 is 6.09 Å². The van der Waals surface area contributed by atoms with Crippen LogP contribution < -0.4 is 5.32 Å². The van der Waals surface area contributed by atoms with Crippen LogP contribution in [-0.2, 0) is 4.74 Å². The molecule has 2 fully saturated rings. The highest BCUT2D eigenvalue weighted by Crippen LogP contribution is 2.18. The van der Waals surface area contributed by atoms with Crippen LogP contribution in [-0.4, -0.2) is 66.3 Å². The summed E-state index contributed by atoms with van der Waals surface area (Å²) in [6.07, 6.45) is 2.26. The molecule has 0 aromatic heterocycles. The summed E-state index contributed by atoms with van der Waals surface area (Å²) in [5.74, 6) is 0. The van der Waals surface area contributed by atoms with Gasteiger partial charge in [0, 0.05) is 38.3 Å². The molecule has 0 saturated carbocycles. The number of nitrogens with zero attached hydrogens (tertiary/aromatic N) is 2. The minimum absolute atomic E-state index is 0.171. The fourth-order valence-corrected chi connectivity index (χ4v) is 3.03. The van der Waals surface area contributed by atoms with Crippen molar-refractivity contribution < 1.29 is 9.53 Å². The second kappa shape index (κ2) is 6.31. The first-order valence-electron chi connectivity index (χ1n) is 7.80. The fraction of sp³-hybridized carbons (Fsp3) is 0.933. The molecule has 2 saturated heterocycles. The third-order valence-electron chi connectivity index (χ3n) is 4.08. The Bertz CT molecular complexity index is 333. The van der Waals surface area contributed by atoms with Crippen molar-refractivity contribution >= 4 is 6.09 Å². The number of amides is 1. The first-order chi connectivity index (χ1) is 9.35. The molecule has 2 atom stereocenters. The summed E-state index contributed by atoms with van der Waals surface area (Å²) in [7, 11) is 0. The normalized spacial score (nSPS) is 29.3. The summed E-state index contributed by atoms with van der Waals surface area (Å²) in [5.41, 5.74) is -0.404. The molecule has 5 heteroatoms. The zero-order valence-corrected chi connectivity index (χ0v) is 13.3. The van der Waals surface area contributed by atoms with Crippen LogP contribution in [0.25, 0.3) is 0 Å². The van der Waals surface area contributed by atoms with E-state index in [0.29, 0.717) is 12.1 Å². The van der Waals surface area contributed by atoms with E-state index < -0.39 is 5.60 Å². The number of ether oxygens (including phenoxy) is 1. The van der Waals surface area contributed by atoms with Crippen molar-refractivity contribution in [1.29, 1.82) is 0 Å². The van der Waals surface area contributed by atoms with Crippen molar-refractivity contribution in [2.24, 2.45) is 0 Å². The van der Waals surface area contributed by atoms with Gasteiger partial charge in [-0.1, -0.05) is 0 Å². The molecule has 116 valence electrons. The largest absolute Gasteiger partial charge is 0.444 e. The summed E-state index contributed by atoms with van der Waals surface area (Å²) in [6, 6.07) is 1.28. The third-order valence-corrected chi connectivity index (χ3v) is 4.08. The number of hydrogen-bond acceptors (Lipinski definition) is 4. The summed E-state index contributed by atoms with van der Waals surface area (Å²) in [4.78, 5) is 16.4. The van der Waals surface area contributed by atoms with E-state index in [1.54, 1.807) is 0 Å². The van der Waals surface area contributed by atoms with E-state index >= 15 is 0 Å². The molecule has 0 aromatic carbocycles. The standard InChI is InChI=1S/C15H29N3O2/c1-12-11-13(5-6-16-12)17-7-9-18(10-8-17)14(19)20-15(2,3)4/h12-13,16H,5-11H2,1-4H3. The van der Waals surface area contributed by atoms with Gasteiger partial charge in [-0.2, -0.15) is 0 Å². The molecule has 0 spiro atoms. The molecule has 2 rings (SSSR count). The highest BCUT2D eigenvalue weighted by atomic mass is 16.6. The molecule has 5 nitrogen and oxygen atoms in total. The average molecular weight is 283 g/mol. The Labute approximate surface area is 122 Å². The van der Waals surface area contributed by atoms with Gasteiger partial charge in [0.1, 0.15) is 5.60 Å². The first kappa shape index (κ1) is 15.6. The van der Waals surface area contributed by atoms with Crippen LogP contribution in [0.3, 0.4) is 0 Å². The fourth-order valence-electron chi connectivity index (χ4n) is 3.03. The van der Waals surface area contributed by atoms with Crippen LogP contribution in [0.4, 0.5) is 4.79 Å². The van der Waals surface area contributed by atoms with Gasteiger partial charge in [-0.15, -0.1) is 0 Å². The molecule has 0 radical (unpaired) electrons. The number of rotatable bonds is 1. The SMILES string of the molecule is CC1CC(N2CCN(C(=O)OC(C)(C)C)CC2)CCN1. The quantitative estimate of drug-likeness (QED) is 0.795. The Kier molecular flexibility index (Phi) is 4.91. The van der Waals surface area contributed by atoms with Gasteiger partial charge < -0.3 is 15.0 Å². The van der Waals surface area contributed by atoms with Crippen molar-refractivity contribution in [3.05, 3.63) is 0 Å². The van der Waals surface area contributed by atoms with E-state index in [1.165, 1.54) is 12.8 Å². The van der Waals surface area contributed by atoms with E-state index in [4.69, 9.17) is 4.74 Å². The molecule has 2 aliphatic rings. The monoisotopic (exact) mass is 283 g/mol. The maximum atomic E-state index is 12.0. The Balaban J connectivity index is 1.78. The minimum atomic E-state index is -0.404. The van der Waals surface area contributed by atoms with Crippen molar-refractivity contribution in [3.8, 4) is 0 Å². The van der Waals surface area contributed by atoms with Gasteiger partial charge in [-0.3, -0.25) is 4.90 Å². The zero-order chi connectivity index (χ0) is 14.8. The predicted octanol–water partition coefficient (Wildman–Crippen LogP) is 1.68. The van der Waals surface area contributed by atoms with Gasteiger partial charge in [-0.25, -0.2) is 4.79 Å². The van der Waals surface area contributed by atoms with E-state index in [0.717, 1.165) is 32.7 Å². The molecule has 1 amide bonds. The maximum absolute atomic E-state index is 12.0. The first-order valence-corrected chi connectivity index (χ1v) is 7.80. The van der Waals surface area contributed by atoms with Gasteiger partial charge in [0.05, 0.1) is 0 Å². The number of carbonyl (C=O) groups is 1. The highest BCUT2D eigenvalue weighted by molar-refractivity contribution is 5.68. The second-order valence-electron chi connectivity index (χ2n) is 7.04. The number of carbonyl (C=O) groups excluding carboxylic acids is 1. The molecule has 0 aromatic rings. The summed E-state index contributed by atoms with van der Waals surface area (Å²) in [6.45, 7) is 12.6. The molecule has 1 N–H and O–H groups in total. The number of nitrogens with one attached hydrogen (secondary N) is 1. The molecule has 2 aliphatic heterocycles. The van der Waals surface area contributed by atoms with Crippen molar-refractivity contribution in [2.45, 2.75) is 58.2 Å². The van der Waals surface area contributed by atoms with Gasteiger partial charge in [-0.05, 0) is 47.1 Å². The van der Waals surface area contributed by atoms with Gasteiger partial charge in [0.2, 0.25) is 0 Å². The van der Waals surface area contributed by atoms with Crippen molar-refractivity contribution in [3.63, 3.8) is 0 Å². The Morgan fingerprint density at radius 1 is 1.20 bits per heavy atom. The van der Waals surface area contributed by atoms with Gasteiger partial charge in [0.15, 0.2) is 0 Å². The number of hydrogen-bond donors (Lipinski definition) is 1. The average Bonchev–Trinajstić information content (AvgIpc) is 2.37. The van der Waals surface area contributed by atoms with E-state index in [2.05, 4.69) is 17.1 Å². The lowest BCUT2D eigenvalue weighted by Crippen LogP contribution is -2.55. The smallest absolute Gasteiger partial charge is 0.410 e. The molecule has 0 aliphatic carbocycles. The van der Waals surface area contributed by atoms with Crippen LogP contribution in [0.1, 0.15) is 40.5 Å². The van der Waals surface area contributed by atoms with Crippen LogP contribution >= 0.6 is 0 Å². The second-order valence-corrected chi connectivity index (χ2v) is 7.04. The van der Waals surface area contributed by atoms with E-state index in [9.17, 15) is 4.79 Å². The molecular weight excluding hydrogens is 254 g/mol. The van der Waals surface area contributed by atoms with Crippen molar-refractivity contribution in [1.82, 2.24) is 15.1 Å². The Hall–Kier alpha value is -0.810. The summed E-state index contributed by atoms with van der Waals surface area (Å²) < 4.78 is 5.43. The highest BCUT2D eigenvalue weighted by Gasteiger charge is 2.30. The van der Waals surface area contributed by atoms with E-state index in [-0.39, 0.29) is 6.09 Å². The molecule has 2 unspecified atom stereocenters. The predicted molar refractivity (Wildman–Crippen MR) is 79.9 cm³/mol. The summed E-state index contributed by atoms with van der Waals surface area (Å²) in [5, 5.41) is 3.49. The van der Waals surface area contributed by atoms with E-state index in [1.807, 2.05) is 25.7 Å². The van der Waals surface area contributed by atoms with Crippen LogP contribution in [0.2, 0.25) is 0 Å². The number of piperazine rings is 1. The van der Waals surface area contributed by atoms with Crippen molar-refractivity contribution in [2.75, 3.05) is 32.7 Å².